The monoisotopic (exact) mass is 425 g/mol. The van der Waals surface area contributed by atoms with Crippen molar-refractivity contribution in [2.24, 2.45) is 0 Å². The maximum atomic E-state index is 9.84. The Bertz CT molecular complexity index is 842. The van der Waals surface area contributed by atoms with Gasteiger partial charge in [-0.3, -0.25) is 0 Å². The first-order valence-electron chi connectivity index (χ1n) is 6.49. The molecule has 0 radical (unpaired) electrons. The fourth-order valence-electron chi connectivity index (χ4n) is 1.90. The van der Waals surface area contributed by atoms with Gasteiger partial charge in [-0.2, -0.15) is 0 Å². The molecule has 3 aromatic rings. The van der Waals surface area contributed by atoms with Gasteiger partial charge in [0.05, 0.1) is 5.56 Å². The molecule has 0 aliphatic rings. The maximum Gasteiger partial charge on any atom is 0.289 e. The van der Waals surface area contributed by atoms with Gasteiger partial charge in [-0.15, -0.1) is 5.10 Å². The number of nitrogens with zero attached hydrogens (tertiary/aromatic N) is 2. The molecule has 0 saturated heterocycles. The van der Waals surface area contributed by atoms with Gasteiger partial charge in [0.1, 0.15) is 12.4 Å². The third-order valence-electron chi connectivity index (χ3n) is 3.02. The summed E-state index contributed by atoms with van der Waals surface area (Å²) in [4.78, 5) is 0.247. The highest BCUT2D eigenvalue weighted by atomic mass is 127. The van der Waals surface area contributed by atoms with Crippen LogP contribution in [-0.2, 0) is 6.67 Å². The topological polar surface area (TPSA) is 63.2 Å². The van der Waals surface area contributed by atoms with Crippen LogP contribution in [0, 0.1) is 8.41 Å². The molecule has 0 fully saturated rings. The van der Waals surface area contributed by atoms with Crippen molar-refractivity contribution in [3.05, 3.63) is 56.9 Å². The molecular formula is C15H12IN3O2S. The van der Waals surface area contributed by atoms with Crippen LogP contribution in [0.5, 0.6) is 5.75 Å². The Kier molecular flexibility index (Phi) is 4.44. The second-order valence-electron chi connectivity index (χ2n) is 4.53. The lowest BCUT2D eigenvalue weighted by molar-refractivity contribution is 0.471. The quantitative estimate of drug-likeness (QED) is 0.484. The van der Waals surface area contributed by atoms with Crippen molar-refractivity contribution in [1.82, 2.24) is 9.78 Å². The average molecular weight is 425 g/mol. The number of anilines is 1. The van der Waals surface area contributed by atoms with E-state index in [2.05, 4.69) is 33.0 Å². The molecule has 2 N–H and O–H groups in total. The number of aromatic nitrogens is 2. The highest BCUT2D eigenvalue weighted by Crippen LogP contribution is 2.27. The van der Waals surface area contributed by atoms with Gasteiger partial charge in [0, 0.05) is 9.26 Å². The van der Waals surface area contributed by atoms with E-state index in [9.17, 15) is 5.11 Å². The maximum absolute atomic E-state index is 9.84. The summed E-state index contributed by atoms with van der Waals surface area (Å²) >= 11 is 7.42. The van der Waals surface area contributed by atoms with Gasteiger partial charge in [0.2, 0.25) is 0 Å². The van der Waals surface area contributed by atoms with Crippen molar-refractivity contribution in [3.63, 3.8) is 0 Å². The molecular weight excluding hydrogens is 413 g/mol. The Labute approximate surface area is 145 Å². The molecule has 22 heavy (non-hydrogen) atoms. The summed E-state index contributed by atoms with van der Waals surface area (Å²) in [6.07, 6.45) is 0. The number of benzene rings is 2. The van der Waals surface area contributed by atoms with Crippen LogP contribution in [-0.4, -0.2) is 14.9 Å². The molecule has 0 aliphatic heterocycles. The fourth-order valence-corrected chi connectivity index (χ4v) is 2.45. The second kappa shape index (κ2) is 6.49. The lowest BCUT2D eigenvalue weighted by Gasteiger charge is -2.05. The summed E-state index contributed by atoms with van der Waals surface area (Å²) in [6, 6.07) is 14.8. The van der Waals surface area contributed by atoms with Gasteiger partial charge in [-0.1, -0.05) is 12.1 Å². The number of para-hydroxylation sites is 1. The Morgan fingerprint density at radius 2 is 1.91 bits per heavy atom. The van der Waals surface area contributed by atoms with Crippen LogP contribution in [0.3, 0.4) is 0 Å². The highest BCUT2D eigenvalue weighted by Gasteiger charge is 2.11. The van der Waals surface area contributed by atoms with Crippen molar-refractivity contribution in [3.8, 4) is 17.2 Å². The smallest absolute Gasteiger partial charge is 0.289 e. The first-order valence-corrected chi connectivity index (χ1v) is 7.98. The first kappa shape index (κ1) is 15.0. The number of rotatable bonds is 4. The van der Waals surface area contributed by atoms with Crippen LogP contribution in [0.2, 0.25) is 0 Å². The number of halogens is 1. The molecule has 1 aromatic heterocycles. The largest absolute Gasteiger partial charge is 0.507 e. The Hall–Kier alpha value is -1.87. The third-order valence-corrected chi connectivity index (χ3v) is 4.03. The summed E-state index contributed by atoms with van der Waals surface area (Å²) in [5.74, 6) is 0.406. The molecule has 0 spiro atoms. The first-order chi connectivity index (χ1) is 10.6. The Balaban J connectivity index is 1.80. The van der Waals surface area contributed by atoms with Crippen molar-refractivity contribution >= 4 is 40.5 Å². The SMILES string of the molecule is Oc1ccccc1-c1nn(CNc2ccc(I)cc2)c(=S)o1. The summed E-state index contributed by atoms with van der Waals surface area (Å²) < 4.78 is 8.16. The number of aromatic hydroxyl groups is 1. The van der Waals surface area contributed by atoms with E-state index in [0.29, 0.717) is 18.1 Å². The van der Waals surface area contributed by atoms with Crippen LogP contribution >= 0.6 is 34.8 Å². The predicted octanol–water partition coefficient (Wildman–Crippen LogP) is 4.25. The zero-order valence-electron chi connectivity index (χ0n) is 11.4. The highest BCUT2D eigenvalue weighted by molar-refractivity contribution is 14.1. The van der Waals surface area contributed by atoms with Gasteiger partial charge >= 0.3 is 0 Å². The van der Waals surface area contributed by atoms with Crippen molar-refractivity contribution in [1.29, 1.82) is 0 Å². The minimum absolute atomic E-state index is 0.108. The number of nitrogens with one attached hydrogen (secondary N) is 1. The predicted molar refractivity (Wildman–Crippen MR) is 95.2 cm³/mol. The van der Waals surface area contributed by atoms with E-state index < -0.39 is 0 Å². The van der Waals surface area contributed by atoms with Gasteiger partial charge in [-0.25, -0.2) is 4.68 Å². The Morgan fingerprint density at radius 3 is 2.64 bits per heavy atom. The zero-order chi connectivity index (χ0) is 15.5. The summed E-state index contributed by atoms with van der Waals surface area (Å²) in [6.45, 7) is 0.385. The molecule has 2 aromatic carbocycles. The van der Waals surface area contributed by atoms with Gasteiger partial charge in [-0.05, 0) is 71.2 Å². The van der Waals surface area contributed by atoms with E-state index in [-0.39, 0.29) is 10.6 Å². The number of hydrogen-bond donors (Lipinski definition) is 2. The minimum atomic E-state index is 0.108. The molecule has 5 nitrogen and oxygen atoms in total. The van der Waals surface area contributed by atoms with Crippen LogP contribution in [0.15, 0.2) is 52.9 Å². The average Bonchev–Trinajstić information content (AvgIpc) is 2.88. The summed E-state index contributed by atoms with van der Waals surface area (Å²) in [5.41, 5.74) is 1.48. The zero-order valence-corrected chi connectivity index (χ0v) is 14.3. The van der Waals surface area contributed by atoms with E-state index >= 15 is 0 Å². The van der Waals surface area contributed by atoms with Crippen LogP contribution < -0.4 is 5.32 Å². The normalized spacial score (nSPS) is 10.6. The van der Waals surface area contributed by atoms with Crippen molar-refractivity contribution in [2.75, 3.05) is 5.32 Å². The van der Waals surface area contributed by atoms with Crippen molar-refractivity contribution in [2.45, 2.75) is 6.67 Å². The number of phenols is 1. The number of phenolic OH excluding ortho intramolecular Hbond substituents is 1. The van der Waals surface area contributed by atoms with Crippen LogP contribution in [0.25, 0.3) is 11.5 Å². The molecule has 1 heterocycles. The fraction of sp³-hybridized carbons (Fsp3) is 0.0667. The summed E-state index contributed by atoms with van der Waals surface area (Å²) in [5, 5.41) is 17.4. The lowest BCUT2D eigenvalue weighted by atomic mass is 10.2. The van der Waals surface area contributed by atoms with Gasteiger partial charge in [0.25, 0.3) is 10.7 Å². The van der Waals surface area contributed by atoms with E-state index in [0.717, 1.165) is 5.69 Å². The van der Waals surface area contributed by atoms with E-state index in [1.165, 1.54) is 8.25 Å². The lowest BCUT2D eigenvalue weighted by Crippen LogP contribution is -2.09. The minimum Gasteiger partial charge on any atom is -0.507 e. The third kappa shape index (κ3) is 3.30. The molecule has 3 rings (SSSR count). The molecule has 7 heteroatoms. The molecule has 0 unspecified atom stereocenters. The van der Waals surface area contributed by atoms with Gasteiger partial charge in [0.15, 0.2) is 0 Å². The van der Waals surface area contributed by atoms with Crippen LogP contribution in [0.4, 0.5) is 5.69 Å². The van der Waals surface area contributed by atoms with E-state index in [1.807, 2.05) is 24.3 Å². The van der Waals surface area contributed by atoms with Crippen molar-refractivity contribution < 1.29 is 9.52 Å². The Morgan fingerprint density at radius 1 is 1.18 bits per heavy atom. The second-order valence-corrected chi connectivity index (χ2v) is 6.13. The van der Waals surface area contributed by atoms with Crippen LogP contribution in [0.1, 0.15) is 0 Å². The molecule has 0 atom stereocenters. The molecule has 0 saturated carbocycles. The van der Waals surface area contributed by atoms with E-state index in [4.69, 9.17) is 16.6 Å². The molecule has 0 bridgehead atoms. The standard InChI is InChI=1S/C15H12IN3O2S/c16-10-5-7-11(8-6-10)17-9-19-15(22)21-14(18-19)12-3-1-2-4-13(12)20/h1-8,17,20H,9H2. The summed E-state index contributed by atoms with van der Waals surface area (Å²) in [7, 11) is 0. The molecule has 0 aliphatic carbocycles. The van der Waals surface area contributed by atoms with Gasteiger partial charge < -0.3 is 14.8 Å². The van der Waals surface area contributed by atoms with E-state index in [1.54, 1.807) is 24.3 Å². The molecule has 0 amide bonds. The number of hydrogen-bond acceptors (Lipinski definition) is 5. The molecule has 112 valence electrons.